The number of hydrogen-bond acceptors (Lipinski definition) is 4. The normalized spacial score (nSPS) is 19.8. The number of piperidine rings is 1. The number of halogens is 1. The summed E-state index contributed by atoms with van der Waals surface area (Å²) in [5.74, 6) is 1.41. The highest BCUT2D eigenvalue weighted by molar-refractivity contribution is 6.35. The molecular weight excluding hydrogens is 448 g/mol. The number of aromatic nitrogens is 2. The molecule has 2 heterocycles. The standard InChI is InChI=1S/C27H43ClN4O2/c1-19(2)16-32(21-15-20(3)17-30(18-21)27(4,5)6)26(33)25-29-24-22(28)11-10-12-23(24)31(25)13-8-9-14-34-7/h10-12,19-21H,8-9,13-18H2,1-7H3/t20-,21+/m1/s1. The number of unbranched alkanes of at least 4 members (excludes halogenated alkanes) is 1. The van der Waals surface area contributed by atoms with Gasteiger partial charge in [0.1, 0.15) is 5.52 Å². The van der Waals surface area contributed by atoms with Gasteiger partial charge < -0.3 is 14.2 Å². The molecule has 34 heavy (non-hydrogen) atoms. The number of imidazole rings is 1. The molecule has 0 aliphatic carbocycles. The lowest BCUT2D eigenvalue weighted by molar-refractivity contribution is 0.0151. The Bertz CT molecular complexity index is 965. The molecule has 0 bridgehead atoms. The molecule has 2 atom stereocenters. The fourth-order valence-corrected chi connectivity index (χ4v) is 5.24. The Labute approximate surface area is 210 Å². The molecule has 0 saturated carbocycles. The van der Waals surface area contributed by atoms with Gasteiger partial charge in [0.25, 0.3) is 5.91 Å². The Kier molecular flexibility index (Phi) is 9.04. The maximum Gasteiger partial charge on any atom is 0.290 e. The van der Waals surface area contributed by atoms with E-state index in [2.05, 4.69) is 55.9 Å². The number of amides is 1. The van der Waals surface area contributed by atoms with Crippen molar-refractivity contribution in [3.05, 3.63) is 29.0 Å². The maximum absolute atomic E-state index is 14.2. The summed E-state index contributed by atoms with van der Waals surface area (Å²) in [6.07, 6.45) is 2.86. The van der Waals surface area contributed by atoms with Gasteiger partial charge >= 0.3 is 0 Å². The van der Waals surface area contributed by atoms with Crippen molar-refractivity contribution in [2.75, 3.05) is 33.4 Å². The predicted octanol–water partition coefficient (Wildman–Crippen LogP) is 5.72. The van der Waals surface area contributed by atoms with E-state index in [4.69, 9.17) is 21.3 Å². The zero-order valence-corrected chi connectivity index (χ0v) is 22.9. The molecule has 6 nitrogen and oxygen atoms in total. The highest BCUT2D eigenvalue weighted by Gasteiger charge is 2.37. The van der Waals surface area contributed by atoms with Gasteiger partial charge in [0, 0.05) is 51.5 Å². The van der Waals surface area contributed by atoms with Crippen LogP contribution in [0.2, 0.25) is 5.02 Å². The summed E-state index contributed by atoms with van der Waals surface area (Å²) in [6.45, 7) is 17.5. The number of methoxy groups -OCH3 is 1. The van der Waals surface area contributed by atoms with Crippen LogP contribution in [-0.4, -0.2) is 70.2 Å². The maximum atomic E-state index is 14.2. The molecule has 1 aromatic carbocycles. The summed E-state index contributed by atoms with van der Waals surface area (Å²) in [5.41, 5.74) is 1.70. The van der Waals surface area contributed by atoms with E-state index >= 15 is 0 Å². The third kappa shape index (κ3) is 6.32. The first-order chi connectivity index (χ1) is 16.0. The number of nitrogens with zero attached hydrogens (tertiary/aromatic N) is 4. The van der Waals surface area contributed by atoms with E-state index in [0.29, 0.717) is 41.4 Å². The van der Waals surface area contributed by atoms with Crippen molar-refractivity contribution in [2.45, 2.75) is 78.9 Å². The number of para-hydroxylation sites is 1. The van der Waals surface area contributed by atoms with E-state index < -0.39 is 0 Å². The zero-order valence-electron chi connectivity index (χ0n) is 22.1. The van der Waals surface area contributed by atoms with Crippen molar-refractivity contribution in [2.24, 2.45) is 11.8 Å². The van der Waals surface area contributed by atoms with Gasteiger partial charge in [0.05, 0.1) is 10.5 Å². The number of aryl methyl sites for hydroxylation is 1. The second-order valence-electron chi connectivity index (χ2n) is 11.3. The van der Waals surface area contributed by atoms with Gasteiger partial charge in [-0.05, 0) is 64.0 Å². The van der Waals surface area contributed by atoms with Gasteiger partial charge in [0.15, 0.2) is 5.82 Å². The Hall–Kier alpha value is -1.63. The fraction of sp³-hybridized carbons (Fsp3) is 0.704. The molecule has 2 aromatic rings. The first kappa shape index (κ1) is 27.0. The minimum Gasteiger partial charge on any atom is -0.385 e. The van der Waals surface area contributed by atoms with Gasteiger partial charge in [-0.25, -0.2) is 4.98 Å². The number of benzene rings is 1. The molecule has 1 aromatic heterocycles. The number of fused-ring (bicyclic) bond motifs is 1. The number of carbonyl (C=O) groups excluding carboxylic acids is 1. The summed E-state index contributed by atoms with van der Waals surface area (Å²) in [7, 11) is 1.72. The first-order valence-electron chi connectivity index (χ1n) is 12.7. The summed E-state index contributed by atoms with van der Waals surface area (Å²) in [5, 5.41) is 0.586. The first-order valence-corrected chi connectivity index (χ1v) is 13.1. The van der Waals surface area contributed by atoms with Gasteiger partial charge in [0.2, 0.25) is 0 Å². The van der Waals surface area contributed by atoms with E-state index in [-0.39, 0.29) is 17.5 Å². The van der Waals surface area contributed by atoms with Crippen LogP contribution in [0.15, 0.2) is 18.2 Å². The van der Waals surface area contributed by atoms with Crippen molar-refractivity contribution in [1.82, 2.24) is 19.4 Å². The molecule has 1 fully saturated rings. The molecular formula is C27H43ClN4O2. The largest absolute Gasteiger partial charge is 0.385 e. The molecule has 1 aliphatic heterocycles. The van der Waals surface area contributed by atoms with E-state index in [1.165, 1.54) is 0 Å². The number of ether oxygens (including phenoxy) is 1. The highest BCUT2D eigenvalue weighted by atomic mass is 35.5. The van der Waals surface area contributed by atoms with Gasteiger partial charge in [-0.1, -0.05) is 38.4 Å². The average molecular weight is 491 g/mol. The molecule has 0 radical (unpaired) electrons. The van der Waals surface area contributed by atoms with Crippen LogP contribution in [-0.2, 0) is 11.3 Å². The van der Waals surface area contributed by atoms with E-state index in [1.54, 1.807) is 7.11 Å². The van der Waals surface area contributed by atoms with E-state index in [1.807, 2.05) is 18.2 Å². The lowest BCUT2D eigenvalue weighted by atomic mass is 9.90. The van der Waals surface area contributed by atoms with Crippen molar-refractivity contribution in [3.8, 4) is 0 Å². The van der Waals surface area contributed by atoms with Crippen molar-refractivity contribution in [1.29, 1.82) is 0 Å². The van der Waals surface area contributed by atoms with Crippen molar-refractivity contribution >= 4 is 28.5 Å². The van der Waals surface area contributed by atoms with Crippen LogP contribution in [0.5, 0.6) is 0 Å². The van der Waals surface area contributed by atoms with Crippen LogP contribution >= 0.6 is 11.6 Å². The van der Waals surface area contributed by atoms with Crippen LogP contribution in [0.3, 0.4) is 0 Å². The number of likely N-dealkylation sites (tertiary alicyclic amines) is 1. The number of carbonyl (C=O) groups is 1. The SMILES string of the molecule is COCCCCn1c(C(=O)N(CC(C)C)[C@H]2C[C@@H](C)CN(C(C)(C)C)C2)nc2c(Cl)cccc21. The summed E-state index contributed by atoms with van der Waals surface area (Å²) < 4.78 is 7.30. The van der Waals surface area contributed by atoms with Gasteiger partial charge in [-0.2, -0.15) is 0 Å². The Morgan fingerprint density at radius 2 is 2.00 bits per heavy atom. The van der Waals surface area contributed by atoms with Gasteiger partial charge in [-0.15, -0.1) is 0 Å². The third-order valence-electron chi connectivity index (χ3n) is 6.75. The molecule has 3 rings (SSSR count). The molecule has 0 spiro atoms. The number of hydrogen-bond donors (Lipinski definition) is 0. The molecule has 190 valence electrons. The minimum atomic E-state index is 0.0145. The Balaban J connectivity index is 1.99. The molecule has 0 N–H and O–H groups in total. The Morgan fingerprint density at radius 3 is 2.65 bits per heavy atom. The second kappa shape index (κ2) is 11.4. The minimum absolute atomic E-state index is 0.0145. The topological polar surface area (TPSA) is 50.6 Å². The quantitative estimate of drug-likeness (QED) is 0.421. The van der Waals surface area contributed by atoms with E-state index in [9.17, 15) is 4.79 Å². The van der Waals surface area contributed by atoms with E-state index in [0.717, 1.165) is 44.4 Å². The summed E-state index contributed by atoms with van der Waals surface area (Å²) in [4.78, 5) is 23.6. The molecule has 1 aliphatic rings. The summed E-state index contributed by atoms with van der Waals surface area (Å²) in [6, 6.07) is 5.95. The smallest absolute Gasteiger partial charge is 0.290 e. The molecule has 0 unspecified atom stereocenters. The van der Waals surface area contributed by atoms with Crippen LogP contribution in [0.1, 0.15) is 71.4 Å². The highest BCUT2D eigenvalue weighted by Crippen LogP contribution is 2.30. The lowest BCUT2D eigenvalue weighted by Gasteiger charge is -2.47. The van der Waals surface area contributed by atoms with Crippen molar-refractivity contribution in [3.63, 3.8) is 0 Å². The average Bonchev–Trinajstić information content (AvgIpc) is 3.13. The van der Waals surface area contributed by atoms with Crippen molar-refractivity contribution < 1.29 is 9.53 Å². The van der Waals surface area contributed by atoms with Crippen LogP contribution in [0.25, 0.3) is 11.0 Å². The molecule has 1 amide bonds. The monoisotopic (exact) mass is 490 g/mol. The van der Waals surface area contributed by atoms with Crippen LogP contribution in [0, 0.1) is 11.8 Å². The van der Waals surface area contributed by atoms with Crippen LogP contribution in [0.4, 0.5) is 0 Å². The summed E-state index contributed by atoms with van der Waals surface area (Å²) >= 11 is 6.50. The zero-order chi connectivity index (χ0) is 25.0. The number of rotatable bonds is 9. The van der Waals surface area contributed by atoms with Crippen LogP contribution < -0.4 is 0 Å². The lowest BCUT2D eigenvalue weighted by Crippen LogP contribution is -2.57. The Morgan fingerprint density at radius 1 is 1.26 bits per heavy atom. The third-order valence-corrected chi connectivity index (χ3v) is 7.06. The fourth-order valence-electron chi connectivity index (χ4n) is 5.03. The molecule has 1 saturated heterocycles. The van der Waals surface area contributed by atoms with Gasteiger partial charge in [-0.3, -0.25) is 9.69 Å². The second-order valence-corrected chi connectivity index (χ2v) is 11.7. The molecule has 7 heteroatoms. The predicted molar refractivity (Wildman–Crippen MR) is 141 cm³/mol.